The van der Waals surface area contributed by atoms with Crippen LogP contribution in [0, 0.1) is 5.41 Å². The van der Waals surface area contributed by atoms with Crippen LogP contribution in [-0.4, -0.2) is 41.0 Å². The van der Waals surface area contributed by atoms with Gasteiger partial charge in [0.25, 0.3) is 5.91 Å². The van der Waals surface area contributed by atoms with Gasteiger partial charge in [0, 0.05) is 34.8 Å². The summed E-state index contributed by atoms with van der Waals surface area (Å²) in [5.74, 6) is -0.773. The van der Waals surface area contributed by atoms with Crippen LogP contribution in [0.25, 0.3) is 22.0 Å². The van der Waals surface area contributed by atoms with Crippen LogP contribution in [0.3, 0.4) is 0 Å². The summed E-state index contributed by atoms with van der Waals surface area (Å²) in [6, 6.07) is 13.7. The van der Waals surface area contributed by atoms with Crippen molar-refractivity contribution >= 4 is 46.2 Å². The third-order valence-corrected chi connectivity index (χ3v) is 7.75. The number of anilines is 1. The number of nitrogens with zero attached hydrogens (tertiary/aromatic N) is 1. The molecule has 0 spiro atoms. The zero-order valence-corrected chi connectivity index (χ0v) is 22.4. The van der Waals surface area contributed by atoms with E-state index in [2.05, 4.69) is 24.0 Å². The van der Waals surface area contributed by atoms with Gasteiger partial charge in [-0.1, -0.05) is 38.1 Å². The molecule has 200 valence electrons. The number of hydrogen-bond donors (Lipinski definition) is 3. The quantitative estimate of drug-likeness (QED) is 0.288. The SMILES string of the molecule is CC1(C)CC(=O)n2c(c(-c3ccc(C(N)=O)c(NC4CCC(OC(=O)CNCl)CC4)c3)c3ccccc32)C1. The van der Waals surface area contributed by atoms with Crippen LogP contribution < -0.4 is 15.9 Å². The number of nitrogens with one attached hydrogen (secondary N) is 2. The summed E-state index contributed by atoms with van der Waals surface area (Å²) in [6.07, 6.45) is 4.10. The van der Waals surface area contributed by atoms with E-state index in [1.807, 2.05) is 41.0 Å². The number of amides is 1. The molecule has 4 N–H and O–H groups in total. The van der Waals surface area contributed by atoms with Crippen LogP contribution >= 0.6 is 11.8 Å². The number of primary amides is 1. The van der Waals surface area contributed by atoms with E-state index in [0.29, 0.717) is 30.5 Å². The zero-order chi connectivity index (χ0) is 27.0. The Hall–Kier alpha value is -3.36. The van der Waals surface area contributed by atoms with Crippen molar-refractivity contribution in [3.05, 3.63) is 53.7 Å². The summed E-state index contributed by atoms with van der Waals surface area (Å²) in [6.45, 7) is 4.22. The number of ether oxygens (including phenoxy) is 1. The summed E-state index contributed by atoms with van der Waals surface area (Å²) in [5.41, 5.74) is 10.6. The Morgan fingerprint density at radius 1 is 1.11 bits per heavy atom. The Labute approximate surface area is 227 Å². The van der Waals surface area contributed by atoms with Crippen LogP contribution in [0.4, 0.5) is 5.69 Å². The minimum absolute atomic E-state index is 0.0321. The lowest BCUT2D eigenvalue weighted by Gasteiger charge is -2.31. The maximum atomic E-state index is 13.2. The molecule has 2 aromatic carbocycles. The maximum absolute atomic E-state index is 13.2. The van der Waals surface area contributed by atoms with Gasteiger partial charge in [-0.15, -0.1) is 0 Å². The van der Waals surface area contributed by atoms with Crippen LogP contribution in [0.15, 0.2) is 42.5 Å². The van der Waals surface area contributed by atoms with Crippen molar-refractivity contribution in [3.8, 4) is 11.1 Å². The second kappa shape index (κ2) is 10.4. The van der Waals surface area contributed by atoms with Crippen LogP contribution in [0.2, 0.25) is 0 Å². The molecule has 3 aromatic rings. The molecule has 1 saturated carbocycles. The molecule has 0 bridgehead atoms. The number of rotatable bonds is 7. The number of para-hydroxylation sites is 1. The van der Waals surface area contributed by atoms with Gasteiger partial charge in [-0.3, -0.25) is 19.0 Å². The predicted octanol–water partition coefficient (Wildman–Crippen LogP) is 5.03. The fourth-order valence-electron chi connectivity index (χ4n) is 5.93. The largest absolute Gasteiger partial charge is 0.461 e. The lowest BCUT2D eigenvalue weighted by atomic mass is 9.80. The summed E-state index contributed by atoms with van der Waals surface area (Å²) in [4.78, 5) is 39.6. The molecule has 2 aliphatic rings. The molecule has 9 heteroatoms. The molecule has 38 heavy (non-hydrogen) atoms. The molecule has 0 atom stereocenters. The molecular formula is C29H33ClN4O4. The van der Waals surface area contributed by atoms with E-state index in [4.69, 9.17) is 22.2 Å². The highest BCUT2D eigenvalue weighted by molar-refractivity contribution is 6.14. The topological polar surface area (TPSA) is 115 Å². The first kappa shape index (κ1) is 26.3. The summed E-state index contributed by atoms with van der Waals surface area (Å²) in [7, 11) is 0. The standard InChI is InChI=1S/C29H33ClN4O4/c1-29(2)14-24-27(21-5-3-4-6-23(21)34(24)25(35)15-29)17-7-12-20(28(31)37)22(13-17)33-18-8-10-19(11-9-18)38-26(36)16-32-30/h3-7,12-13,18-19,32-33H,8-11,14-16H2,1-2H3,(H2,31,37). The first-order valence-electron chi connectivity index (χ1n) is 13.1. The minimum atomic E-state index is -0.504. The summed E-state index contributed by atoms with van der Waals surface area (Å²) < 4.78 is 7.33. The van der Waals surface area contributed by atoms with E-state index in [1.165, 1.54) is 0 Å². The zero-order valence-electron chi connectivity index (χ0n) is 21.7. The maximum Gasteiger partial charge on any atom is 0.321 e. The van der Waals surface area contributed by atoms with Crippen LogP contribution in [0.5, 0.6) is 0 Å². The molecule has 5 rings (SSSR count). The second-order valence-electron chi connectivity index (χ2n) is 11.1. The molecular weight excluding hydrogens is 504 g/mol. The minimum Gasteiger partial charge on any atom is -0.461 e. The van der Waals surface area contributed by atoms with Crippen LogP contribution in [0.1, 0.15) is 66.8 Å². The fraction of sp³-hybridized carbons (Fsp3) is 0.414. The molecule has 1 aliphatic heterocycles. The van der Waals surface area contributed by atoms with Gasteiger partial charge in [0.15, 0.2) is 0 Å². The van der Waals surface area contributed by atoms with Gasteiger partial charge in [0.1, 0.15) is 12.6 Å². The highest BCUT2D eigenvalue weighted by Gasteiger charge is 2.35. The van der Waals surface area contributed by atoms with E-state index in [9.17, 15) is 14.4 Å². The molecule has 1 aliphatic carbocycles. The second-order valence-corrected chi connectivity index (χ2v) is 11.4. The monoisotopic (exact) mass is 536 g/mol. The number of hydrogen-bond acceptors (Lipinski definition) is 6. The van der Waals surface area contributed by atoms with Crippen molar-refractivity contribution < 1.29 is 19.1 Å². The van der Waals surface area contributed by atoms with Crippen molar-refractivity contribution in [2.75, 3.05) is 11.9 Å². The number of halogens is 1. The van der Waals surface area contributed by atoms with Gasteiger partial charge in [-0.25, -0.2) is 4.84 Å². The van der Waals surface area contributed by atoms with E-state index in [-0.39, 0.29) is 36.0 Å². The van der Waals surface area contributed by atoms with Gasteiger partial charge in [-0.2, -0.15) is 0 Å². The molecule has 1 fully saturated rings. The van der Waals surface area contributed by atoms with Crippen molar-refractivity contribution in [1.82, 2.24) is 9.40 Å². The fourth-order valence-corrected chi connectivity index (χ4v) is 6.04. The van der Waals surface area contributed by atoms with Crippen molar-refractivity contribution in [3.63, 3.8) is 0 Å². The molecule has 2 heterocycles. The molecule has 1 amide bonds. The Kier molecular flexibility index (Phi) is 7.20. The molecule has 0 unspecified atom stereocenters. The smallest absolute Gasteiger partial charge is 0.321 e. The van der Waals surface area contributed by atoms with Gasteiger partial charge in [0.05, 0.1) is 11.1 Å². The van der Waals surface area contributed by atoms with E-state index >= 15 is 0 Å². The third-order valence-electron chi connectivity index (χ3n) is 7.61. The Balaban J connectivity index is 1.47. The summed E-state index contributed by atoms with van der Waals surface area (Å²) >= 11 is 5.39. The average Bonchev–Trinajstić information content (AvgIpc) is 3.18. The lowest BCUT2D eigenvalue weighted by Crippen LogP contribution is -2.33. The normalized spacial score (nSPS) is 20.7. The number of benzene rings is 2. The molecule has 0 radical (unpaired) electrons. The number of aromatic nitrogens is 1. The van der Waals surface area contributed by atoms with Gasteiger partial charge >= 0.3 is 5.97 Å². The molecule has 1 aromatic heterocycles. The van der Waals surface area contributed by atoms with Crippen LogP contribution in [-0.2, 0) is 16.0 Å². The molecule has 0 saturated heterocycles. The number of nitrogens with two attached hydrogens (primary N) is 1. The number of esters is 1. The number of carbonyl (C=O) groups excluding carboxylic acids is 3. The Morgan fingerprint density at radius 3 is 2.55 bits per heavy atom. The van der Waals surface area contributed by atoms with E-state index < -0.39 is 5.91 Å². The molecule has 8 nitrogen and oxygen atoms in total. The Morgan fingerprint density at radius 2 is 1.84 bits per heavy atom. The van der Waals surface area contributed by atoms with E-state index in [1.54, 1.807) is 6.07 Å². The number of carbonyl (C=O) groups is 3. The van der Waals surface area contributed by atoms with Gasteiger partial charge in [-0.05, 0) is 73.1 Å². The first-order chi connectivity index (χ1) is 18.2. The predicted molar refractivity (Wildman–Crippen MR) is 148 cm³/mol. The third kappa shape index (κ3) is 5.15. The van der Waals surface area contributed by atoms with Gasteiger partial charge < -0.3 is 15.8 Å². The summed E-state index contributed by atoms with van der Waals surface area (Å²) in [5, 5.41) is 4.55. The van der Waals surface area contributed by atoms with Crippen molar-refractivity contribution in [2.24, 2.45) is 11.1 Å². The van der Waals surface area contributed by atoms with E-state index in [0.717, 1.165) is 47.0 Å². The first-order valence-corrected chi connectivity index (χ1v) is 13.4. The average molecular weight is 537 g/mol. The van der Waals surface area contributed by atoms with Gasteiger partial charge in [0.2, 0.25) is 5.91 Å². The number of fused-ring (bicyclic) bond motifs is 3. The van der Waals surface area contributed by atoms with Crippen molar-refractivity contribution in [1.29, 1.82) is 0 Å². The highest BCUT2D eigenvalue weighted by Crippen LogP contribution is 2.43. The Bertz CT molecular complexity index is 1410. The van der Waals surface area contributed by atoms with Crippen molar-refractivity contribution in [2.45, 2.75) is 64.5 Å². The highest BCUT2D eigenvalue weighted by atomic mass is 35.5. The lowest BCUT2D eigenvalue weighted by molar-refractivity contribution is -0.149.